The van der Waals surface area contributed by atoms with Gasteiger partial charge in [-0.15, -0.1) is 0 Å². The zero-order valence-corrected chi connectivity index (χ0v) is 12.4. The summed E-state index contributed by atoms with van der Waals surface area (Å²) in [5.41, 5.74) is 3.16. The van der Waals surface area contributed by atoms with E-state index in [-0.39, 0.29) is 0 Å². The molecule has 0 atom stereocenters. The summed E-state index contributed by atoms with van der Waals surface area (Å²) in [4.78, 5) is 10.7. The van der Waals surface area contributed by atoms with Gasteiger partial charge in [-0.25, -0.2) is 9.97 Å². The van der Waals surface area contributed by atoms with Crippen LogP contribution in [-0.4, -0.2) is 34.2 Å². The average Bonchev–Trinajstić information content (AvgIpc) is 2.73. The molecule has 20 heavy (non-hydrogen) atoms. The summed E-state index contributed by atoms with van der Waals surface area (Å²) in [6.07, 6.45) is 3.68. The third-order valence-electron chi connectivity index (χ3n) is 3.09. The fourth-order valence-electron chi connectivity index (χ4n) is 2.03. The second-order valence-corrected chi connectivity index (χ2v) is 4.92. The van der Waals surface area contributed by atoms with Gasteiger partial charge in [0.05, 0.1) is 5.69 Å². The lowest BCUT2D eigenvalue weighted by atomic mass is 10.2. The molecule has 0 aliphatic heterocycles. The minimum Gasteiger partial charge on any atom is -0.377 e. The first-order valence-electron chi connectivity index (χ1n) is 6.49. The van der Waals surface area contributed by atoms with Gasteiger partial charge in [0, 0.05) is 43.7 Å². The molecule has 0 N–H and O–H groups in total. The van der Waals surface area contributed by atoms with Crippen LogP contribution in [0.25, 0.3) is 0 Å². The lowest BCUT2D eigenvalue weighted by Crippen LogP contribution is -2.18. The summed E-state index contributed by atoms with van der Waals surface area (Å²) in [5.74, 6) is 1.57. The lowest BCUT2D eigenvalue weighted by Gasteiger charge is -2.16. The van der Waals surface area contributed by atoms with Crippen molar-refractivity contribution in [1.82, 2.24) is 20.0 Å². The van der Waals surface area contributed by atoms with E-state index in [1.165, 1.54) is 0 Å². The van der Waals surface area contributed by atoms with Crippen molar-refractivity contribution in [3.63, 3.8) is 0 Å². The van der Waals surface area contributed by atoms with Gasteiger partial charge in [-0.3, -0.25) is 4.90 Å². The van der Waals surface area contributed by atoms with Gasteiger partial charge in [0.2, 0.25) is 0 Å². The van der Waals surface area contributed by atoms with Crippen LogP contribution in [0.4, 0.5) is 0 Å². The molecule has 0 aromatic carbocycles. The first-order chi connectivity index (χ1) is 9.60. The topological polar surface area (TPSA) is 64.3 Å². The molecule has 0 saturated heterocycles. The van der Waals surface area contributed by atoms with Crippen molar-refractivity contribution in [2.75, 3.05) is 14.2 Å². The summed E-state index contributed by atoms with van der Waals surface area (Å²) in [7, 11) is 3.68. The van der Waals surface area contributed by atoms with Crippen LogP contribution in [0.15, 0.2) is 16.9 Å². The van der Waals surface area contributed by atoms with E-state index in [4.69, 9.17) is 9.26 Å². The minimum atomic E-state index is 0.440. The Morgan fingerprint density at radius 2 is 1.90 bits per heavy atom. The molecule has 0 amide bonds. The van der Waals surface area contributed by atoms with Crippen LogP contribution in [0.5, 0.6) is 0 Å². The predicted molar refractivity (Wildman–Crippen MR) is 73.9 cm³/mol. The van der Waals surface area contributed by atoms with E-state index in [1.807, 2.05) is 26.2 Å². The van der Waals surface area contributed by atoms with Gasteiger partial charge in [-0.1, -0.05) is 5.16 Å². The summed E-state index contributed by atoms with van der Waals surface area (Å²) in [5, 5.41) is 3.97. The third kappa shape index (κ3) is 3.61. The van der Waals surface area contributed by atoms with Crippen molar-refractivity contribution in [2.24, 2.45) is 0 Å². The third-order valence-corrected chi connectivity index (χ3v) is 3.09. The Bertz CT molecular complexity index is 531. The predicted octanol–water partition coefficient (Wildman–Crippen LogP) is 1.86. The van der Waals surface area contributed by atoms with E-state index in [0.717, 1.165) is 35.7 Å². The molecule has 6 heteroatoms. The lowest BCUT2D eigenvalue weighted by molar-refractivity contribution is 0.177. The SMILES string of the molecule is COCc1ncc(CN(C)Cc2c(C)noc2C)cn1. The monoisotopic (exact) mass is 276 g/mol. The molecule has 0 bridgehead atoms. The number of rotatable bonds is 6. The van der Waals surface area contributed by atoms with Crippen molar-refractivity contribution in [1.29, 1.82) is 0 Å². The Morgan fingerprint density at radius 3 is 2.45 bits per heavy atom. The minimum absolute atomic E-state index is 0.440. The molecule has 2 aromatic rings. The first-order valence-corrected chi connectivity index (χ1v) is 6.49. The number of nitrogens with zero attached hydrogens (tertiary/aromatic N) is 4. The van der Waals surface area contributed by atoms with Gasteiger partial charge in [0.1, 0.15) is 12.4 Å². The molecule has 2 rings (SSSR count). The van der Waals surface area contributed by atoms with E-state index in [0.29, 0.717) is 12.4 Å². The molecule has 0 unspecified atom stereocenters. The van der Waals surface area contributed by atoms with Gasteiger partial charge >= 0.3 is 0 Å². The van der Waals surface area contributed by atoms with Crippen molar-refractivity contribution < 1.29 is 9.26 Å². The van der Waals surface area contributed by atoms with Crippen LogP contribution >= 0.6 is 0 Å². The quantitative estimate of drug-likeness (QED) is 0.802. The van der Waals surface area contributed by atoms with Gasteiger partial charge in [0.15, 0.2) is 5.82 Å². The van der Waals surface area contributed by atoms with Crippen LogP contribution in [0, 0.1) is 13.8 Å². The van der Waals surface area contributed by atoms with Crippen LogP contribution in [0.3, 0.4) is 0 Å². The zero-order valence-electron chi connectivity index (χ0n) is 12.4. The Labute approximate surface area is 118 Å². The molecule has 0 fully saturated rings. The van der Waals surface area contributed by atoms with Gasteiger partial charge in [-0.05, 0) is 20.9 Å². The maximum atomic E-state index is 5.17. The number of methoxy groups -OCH3 is 1. The summed E-state index contributed by atoms with van der Waals surface area (Å²) >= 11 is 0. The van der Waals surface area contributed by atoms with Crippen molar-refractivity contribution >= 4 is 0 Å². The van der Waals surface area contributed by atoms with Crippen LogP contribution in [-0.2, 0) is 24.4 Å². The highest BCUT2D eigenvalue weighted by molar-refractivity contribution is 5.20. The van der Waals surface area contributed by atoms with E-state index in [2.05, 4.69) is 27.1 Å². The van der Waals surface area contributed by atoms with E-state index >= 15 is 0 Å². The molecule has 6 nitrogen and oxygen atoms in total. The van der Waals surface area contributed by atoms with Crippen LogP contribution in [0.2, 0.25) is 0 Å². The molecule has 2 heterocycles. The Balaban J connectivity index is 1.96. The number of aromatic nitrogens is 3. The Hall–Kier alpha value is -1.79. The van der Waals surface area contributed by atoms with E-state index < -0.39 is 0 Å². The summed E-state index contributed by atoms with van der Waals surface area (Å²) < 4.78 is 10.2. The summed E-state index contributed by atoms with van der Waals surface area (Å²) in [6, 6.07) is 0. The van der Waals surface area contributed by atoms with Gasteiger partial charge < -0.3 is 9.26 Å². The molecule has 0 aliphatic carbocycles. The average molecular weight is 276 g/mol. The number of ether oxygens (including phenoxy) is 1. The second kappa shape index (κ2) is 6.58. The van der Waals surface area contributed by atoms with Crippen molar-refractivity contribution in [2.45, 2.75) is 33.5 Å². The number of hydrogen-bond donors (Lipinski definition) is 0. The van der Waals surface area contributed by atoms with Crippen molar-refractivity contribution in [3.05, 3.63) is 40.8 Å². The largest absolute Gasteiger partial charge is 0.377 e. The molecule has 0 radical (unpaired) electrons. The molecular weight excluding hydrogens is 256 g/mol. The van der Waals surface area contributed by atoms with E-state index in [9.17, 15) is 0 Å². The maximum absolute atomic E-state index is 5.17. The standard InChI is InChI=1S/C14H20N4O2/c1-10-13(11(2)20-17-10)8-18(3)7-12-5-15-14(9-19-4)16-6-12/h5-6H,7-9H2,1-4H3. The van der Waals surface area contributed by atoms with Crippen molar-refractivity contribution in [3.8, 4) is 0 Å². The normalized spacial score (nSPS) is 11.2. The van der Waals surface area contributed by atoms with Crippen LogP contribution in [0.1, 0.15) is 28.4 Å². The van der Waals surface area contributed by atoms with Gasteiger partial charge in [-0.2, -0.15) is 0 Å². The maximum Gasteiger partial charge on any atom is 0.153 e. The highest BCUT2D eigenvalue weighted by Crippen LogP contribution is 2.15. The summed E-state index contributed by atoms with van der Waals surface area (Å²) in [6.45, 7) is 5.90. The molecule has 2 aromatic heterocycles. The first kappa shape index (κ1) is 14.6. The Morgan fingerprint density at radius 1 is 1.20 bits per heavy atom. The highest BCUT2D eigenvalue weighted by Gasteiger charge is 2.11. The van der Waals surface area contributed by atoms with Crippen LogP contribution < -0.4 is 0 Å². The van der Waals surface area contributed by atoms with Gasteiger partial charge in [0.25, 0.3) is 0 Å². The molecule has 108 valence electrons. The van der Waals surface area contributed by atoms with E-state index in [1.54, 1.807) is 7.11 Å². The molecule has 0 aliphatic rings. The second-order valence-electron chi connectivity index (χ2n) is 4.92. The zero-order chi connectivity index (χ0) is 14.5. The molecule has 0 saturated carbocycles. The highest BCUT2D eigenvalue weighted by atomic mass is 16.5. The number of aryl methyl sites for hydroxylation is 2. The number of hydrogen-bond acceptors (Lipinski definition) is 6. The fraction of sp³-hybridized carbons (Fsp3) is 0.500. The smallest absolute Gasteiger partial charge is 0.153 e. The molecular formula is C14H20N4O2. The Kier molecular flexibility index (Phi) is 4.81. The molecule has 0 spiro atoms. The fourth-order valence-corrected chi connectivity index (χ4v) is 2.03.